The average molecular weight is 197 g/mol. The summed E-state index contributed by atoms with van der Waals surface area (Å²) >= 11 is 0. The molecule has 1 heterocycles. The van der Waals surface area contributed by atoms with Crippen LogP contribution in [0.4, 0.5) is 0 Å². The Balaban J connectivity index is 2.27. The van der Waals surface area contributed by atoms with Crippen molar-refractivity contribution in [3.63, 3.8) is 0 Å². The van der Waals surface area contributed by atoms with E-state index in [9.17, 15) is 4.79 Å². The SMILES string of the molecule is CCC[C@@H](N)C(=O)NCc1ccno1. The largest absolute Gasteiger partial charge is 0.360 e. The van der Waals surface area contributed by atoms with Crippen molar-refractivity contribution in [3.05, 3.63) is 18.0 Å². The number of carbonyl (C=O) groups excluding carboxylic acids is 1. The number of carbonyl (C=O) groups is 1. The summed E-state index contributed by atoms with van der Waals surface area (Å²) in [6.07, 6.45) is 3.13. The molecule has 5 heteroatoms. The first-order valence-corrected chi connectivity index (χ1v) is 4.67. The lowest BCUT2D eigenvalue weighted by Crippen LogP contribution is -2.39. The molecule has 0 unspecified atom stereocenters. The van der Waals surface area contributed by atoms with Crippen molar-refractivity contribution < 1.29 is 9.32 Å². The van der Waals surface area contributed by atoms with Gasteiger partial charge in [0.1, 0.15) is 0 Å². The predicted octanol–water partition coefficient (Wildman–Crippen LogP) is 0.418. The monoisotopic (exact) mass is 197 g/mol. The fourth-order valence-electron chi connectivity index (χ4n) is 1.08. The van der Waals surface area contributed by atoms with Gasteiger partial charge in [-0.15, -0.1) is 0 Å². The number of aromatic nitrogens is 1. The van der Waals surface area contributed by atoms with Crippen molar-refractivity contribution in [1.29, 1.82) is 0 Å². The maximum Gasteiger partial charge on any atom is 0.237 e. The van der Waals surface area contributed by atoms with Gasteiger partial charge in [-0.3, -0.25) is 4.79 Å². The van der Waals surface area contributed by atoms with Crippen molar-refractivity contribution in [2.24, 2.45) is 5.73 Å². The Labute approximate surface area is 82.6 Å². The molecule has 1 amide bonds. The number of nitrogens with zero attached hydrogens (tertiary/aromatic N) is 1. The van der Waals surface area contributed by atoms with Crippen LogP contribution in [0.25, 0.3) is 0 Å². The predicted molar refractivity (Wildman–Crippen MR) is 51.2 cm³/mol. The van der Waals surface area contributed by atoms with E-state index in [1.807, 2.05) is 6.92 Å². The molecule has 0 fully saturated rings. The highest BCUT2D eigenvalue weighted by Gasteiger charge is 2.11. The Bertz CT molecular complexity index is 272. The van der Waals surface area contributed by atoms with E-state index in [4.69, 9.17) is 10.3 Å². The molecule has 1 aromatic rings. The van der Waals surface area contributed by atoms with Crippen molar-refractivity contribution >= 4 is 5.91 Å². The van der Waals surface area contributed by atoms with Gasteiger partial charge in [-0.05, 0) is 6.42 Å². The minimum absolute atomic E-state index is 0.150. The van der Waals surface area contributed by atoms with Gasteiger partial charge >= 0.3 is 0 Å². The number of hydrogen-bond acceptors (Lipinski definition) is 4. The summed E-state index contributed by atoms with van der Waals surface area (Å²) in [4.78, 5) is 11.3. The molecule has 5 nitrogen and oxygen atoms in total. The first-order chi connectivity index (χ1) is 6.74. The van der Waals surface area contributed by atoms with Gasteiger partial charge in [-0.25, -0.2) is 0 Å². The summed E-state index contributed by atoms with van der Waals surface area (Å²) in [5.41, 5.74) is 5.61. The maximum atomic E-state index is 11.3. The van der Waals surface area contributed by atoms with Gasteiger partial charge in [0, 0.05) is 6.07 Å². The summed E-state index contributed by atoms with van der Waals surface area (Å²) in [7, 11) is 0. The number of hydrogen-bond donors (Lipinski definition) is 2. The van der Waals surface area contributed by atoms with Crippen molar-refractivity contribution in [2.45, 2.75) is 32.4 Å². The molecule has 0 aliphatic carbocycles. The summed E-state index contributed by atoms with van der Waals surface area (Å²) in [6, 6.07) is 1.27. The minimum Gasteiger partial charge on any atom is -0.360 e. The van der Waals surface area contributed by atoms with E-state index >= 15 is 0 Å². The topological polar surface area (TPSA) is 81.2 Å². The van der Waals surface area contributed by atoms with Crippen LogP contribution in [0.5, 0.6) is 0 Å². The number of amides is 1. The molecular weight excluding hydrogens is 182 g/mol. The molecule has 14 heavy (non-hydrogen) atoms. The second-order valence-electron chi connectivity index (χ2n) is 3.09. The standard InChI is InChI=1S/C9H15N3O2/c1-2-3-8(10)9(13)11-6-7-4-5-12-14-7/h4-5,8H,2-3,6,10H2,1H3,(H,11,13)/t8-/m1/s1. The van der Waals surface area contributed by atoms with Crippen LogP contribution in [-0.4, -0.2) is 17.1 Å². The second kappa shape index (κ2) is 5.39. The van der Waals surface area contributed by atoms with Crippen molar-refractivity contribution in [3.8, 4) is 0 Å². The van der Waals surface area contributed by atoms with E-state index in [1.165, 1.54) is 6.20 Å². The fourth-order valence-corrected chi connectivity index (χ4v) is 1.08. The first-order valence-electron chi connectivity index (χ1n) is 4.67. The zero-order valence-electron chi connectivity index (χ0n) is 8.19. The molecule has 0 spiro atoms. The van der Waals surface area contributed by atoms with Crippen LogP contribution in [0, 0.1) is 0 Å². The van der Waals surface area contributed by atoms with Crippen LogP contribution < -0.4 is 11.1 Å². The molecule has 1 aromatic heterocycles. The smallest absolute Gasteiger partial charge is 0.237 e. The van der Waals surface area contributed by atoms with Gasteiger partial charge in [0.2, 0.25) is 5.91 Å². The van der Waals surface area contributed by atoms with E-state index in [0.29, 0.717) is 18.7 Å². The normalized spacial score (nSPS) is 12.4. The third-order valence-electron chi connectivity index (χ3n) is 1.86. The zero-order chi connectivity index (χ0) is 10.4. The summed E-state index contributed by atoms with van der Waals surface area (Å²) in [5.74, 6) is 0.477. The molecular formula is C9H15N3O2. The highest BCUT2D eigenvalue weighted by atomic mass is 16.5. The van der Waals surface area contributed by atoms with Crippen LogP contribution in [0.1, 0.15) is 25.5 Å². The Morgan fingerprint density at radius 3 is 3.14 bits per heavy atom. The molecule has 0 aliphatic rings. The third-order valence-corrected chi connectivity index (χ3v) is 1.86. The van der Waals surface area contributed by atoms with E-state index in [0.717, 1.165) is 6.42 Å². The second-order valence-corrected chi connectivity index (χ2v) is 3.09. The van der Waals surface area contributed by atoms with Gasteiger partial charge in [-0.1, -0.05) is 18.5 Å². The molecule has 0 radical (unpaired) electrons. The maximum absolute atomic E-state index is 11.3. The van der Waals surface area contributed by atoms with Gasteiger partial charge in [0.05, 0.1) is 18.8 Å². The average Bonchev–Trinajstić information content (AvgIpc) is 2.67. The van der Waals surface area contributed by atoms with E-state index in [1.54, 1.807) is 6.07 Å². The zero-order valence-corrected chi connectivity index (χ0v) is 8.19. The third kappa shape index (κ3) is 3.18. The molecule has 0 bridgehead atoms. The van der Waals surface area contributed by atoms with Gasteiger partial charge in [-0.2, -0.15) is 0 Å². The lowest BCUT2D eigenvalue weighted by Gasteiger charge is -2.09. The number of nitrogens with two attached hydrogens (primary N) is 1. The Kier molecular flexibility index (Phi) is 4.12. The molecule has 3 N–H and O–H groups in total. The molecule has 0 aromatic carbocycles. The fraction of sp³-hybridized carbons (Fsp3) is 0.556. The summed E-state index contributed by atoms with van der Waals surface area (Å²) in [6.45, 7) is 2.33. The highest BCUT2D eigenvalue weighted by Crippen LogP contribution is 1.97. The number of nitrogens with one attached hydrogen (secondary N) is 1. The quantitative estimate of drug-likeness (QED) is 0.716. The molecule has 0 saturated carbocycles. The Hall–Kier alpha value is -1.36. The van der Waals surface area contributed by atoms with Crippen LogP contribution in [0.2, 0.25) is 0 Å². The number of rotatable bonds is 5. The van der Waals surface area contributed by atoms with E-state index < -0.39 is 6.04 Å². The lowest BCUT2D eigenvalue weighted by atomic mass is 10.2. The Morgan fingerprint density at radius 1 is 1.79 bits per heavy atom. The summed E-state index contributed by atoms with van der Waals surface area (Å²) < 4.78 is 4.82. The highest BCUT2D eigenvalue weighted by molar-refractivity contribution is 5.81. The Morgan fingerprint density at radius 2 is 2.57 bits per heavy atom. The van der Waals surface area contributed by atoms with Crippen LogP contribution in [0.3, 0.4) is 0 Å². The lowest BCUT2D eigenvalue weighted by molar-refractivity contribution is -0.122. The molecule has 0 aliphatic heterocycles. The van der Waals surface area contributed by atoms with Gasteiger partial charge in [0.25, 0.3) is 0 Å². The molecule has 1 rings (SSSR count). The van der Waals surface area contributed by atoms with Crippen LogP contribution in [-0.2, 0) is 11.3 Å². The van der Waals surface area contributed by atoms with Crippen molar-refractivity contribution in [2.75, 3.05) is 0 Å². The van der Waals surface area contributed by atoms with Crippen molar-refractivity contribution in [1.82, 2.24) is 10.5 Å². The van der Waals surface area contributed by atoms with Crippen LogP contribution in [0.15, 0.2) is 16.8 Å². The molecule has 0 saturated heterocycles. The van der Waals surface area contributed by atoms with E-state index in [-0.39, 0.29) is 5.91 Å². The molecule has 78 valence electrons. The van der Waals surface area contributed by atoms with E-state index in [2.05, 4.69) is 10.5 Å². The van der Waals surface area contributed by atoms with Gasteiger partial charge < -0.3 is 15.6 Å². The van der Waals surface area contributed by atoms with Gasteiger partial charge in [0.15, 0.2) is 5.76 Å². The minimum atomic E-state index is -0.428. The summed E-state index contributed by atoms with van der Waals surface area (Å²) in [5, 5.41) is 6.20. The first kappa shape index (κ1) is 10.7. The van der Waals surface area contributed by atoms with Crippen LogP contribution >= 0.6 is 0 Å². The molecule has 1 atom stereocenters.